The number of aromatic nitrogens is 3. The van der Waals surface area contributed by atoms with Crippen LogP contribution in [0.5, 0.6) is 5.88 Å². The molecule has 1 aliphatic rings. The zero-order valence-electron chi connectivity index (χ0n) is 13.6. The van der Waals surface area contributed by atoms with Crippen molar-refractivity contribution >= 4 is 5.82 Å². The van der Waals surface area contributed by atoms with Crippen LogP contribution in [-0.4, -0.2) is 34.5 Å². The lowest BCUT2D eigenvalue weighted by atomic mass is 9.98. The standard InChI is InChI=1S/C17H22N4O2/c1-13-4-3-9-18-17(13)23-12-14-7-10-21(11-8-14)15-5-6-16(22)20(2)19-15/h3-6,9,14H,7-8,10-12H2,1-2H3. The summed E-state index contributed by atoms with van der Waals surface area (Å²) in [4.78, 5) is 17.9. The second kappa shape index (κ2) is 6.81. The molecule has 3 rings (SSSR count). The first-order valence-corrected chi connectivity index (χ1v) is 7.97. The van der Waals surface area contributed by atoms with E-state index in [-0.39, 0.29) is 5.56 Å². The maximum Gasteiger partial charge on any atom is 0.266 e. The summed E-state index contributed by atoms with van der Waals surface area (Å²) in [5, 5.41) is 4.32. The Bertz CT molecular complexity index is 721. The van der Waals surface area contributed by atoms with Crippen LogP contribution >= 0.6 is 0 Å². The minimum absolute atomic E-state index is 0.0808. The van der Waals surface area contributed by atoms with Crippen LogP contribution in [0.1, 0.15) is 18.4 Å². The Labute approximate surface area is 135 Å². The van der Waals surface area contributed by atoms with Gasteiger partial charge in [-0.05, 0) is 37.8 Å². The van der Waals surface area contributed by atoms with Crippen LogP contribution in [0, 0.1) is 12.8 Å². The summed E-state index contributed by atoms with van der Waals surface area (Å²) >= 11 is 0. The first-order valence-electron chi connectivity index (χ1n) is 7.97. The Morgan fingerprint density at radius 2 is 2.04 bits per heavy atom. The maximum absolute atomic E-state index is 11.4. The first kappa shape index (κ1) is 15.5. The Balaban J connectivity index is 1.53. The number of ether oxygens (including phenoxy) is 1. The van der Waals surface area contributed by atoms with Gasteiger partial charge >= 0.3 is 0 Å². The van der Waals surface area contributed by atoms with Crippen molar-refractivity contribution < 1.29 is 4.74 Å². The van der Waals surface area contributed by atoms with Crippen LogP contribution < -0.4 is 15.2 Å². The van der Waals surface area contributed by atoms with Gasteiger partial charge in [-0.2, -0.15) is 5.10 Å². The van der Waals surface area contributed by atoms with Crippen LogP contribution in [0.25, 0.3) is 0 Å². The van der Waals surface area contributed by atoms with Crippen molar-refractivity contribution in [3.8, 4) is 5.88 Å². The number of aryl methyl sites for hydroxylation is 2. The fourth-order valence-electron chi connectivity index (χ4n) is 2.81. The van der Waals surface area contributed by atoms with Crippen molar-refractivity contribution in [1.29, 1.82) is 0 Å². The van der Waals surface area contributed by atoms with E-state index in [0.717, 1.165) is 43.2 Å². The average molecular weight is 314 g/mol. The van der Waals surface area contributed by atoms with Gasteiger partial charge < -0.3 is 9.64 Å². The highest BCUT2D eigenvalue weighted by atomic mass is 16.5. The topological polar surface area (TPSA) is 60.2 Å². The van der Waals surface area contributed by atoms with E-state index in [9.17, 15) is 4.79 Å². The van der Waals surface area contributed by atoms with Gasteiger partial charge in [0.15, 0.2) is 0 Å². The number of pyridine rings is 1. The Hall–Kier alpha value is -2.37. The predicted octanol–water partition coefficient (Wildman–Crippen LogP) is 1.78. The molecule has 0 spiro atoms. The number of rotatable bonds is 4. The molecule has 1 fully saturated rings. The molecule has 6 nitrogen and oxygen atoms in total. The Morgan fingerprint density at radius 3 is 2.74 bits per heavy atom. The van der Waals surface area contributed by atoms with E-state index < -0.39 is 0 Å². The van der Waals surface area contributed by atoms with E-state index >= 15 is 0 Å². The van der Waals surface area contributed by atoms with Gasteiger partial charge in [0.25, 0.3) is 5.56 Å². The molecule has 2 aromatic rings. The third-order valence-corrected chi connectivity index (χ3v) is 4.30. The molecular formula is C17H22N4O2. The predicted molar refractivity (Wildman–Crippen MR) is 88.9 cm³/mol. The molecule has 122 valence electrons. The van der Waals surface area contributed by atoms with Crippen LogP contribution in [0.3, 0.4) is 0 Å². The van der Waals surface area contributed by atoms with Gasteiger partial charge in [-0.3, -0.25) is 4.79 Å². The zero-order chi connectivity index (χ0) is 16.2. The normalized spacial score (nSPS) is 15.7. The highest BCUT2D eigenvalue weighted by Gasteiger charge is 2.21. The molecular weight excluding hydrogens is 292 g/mol. The van der Waals surface area contributed by atoms with E-state index in [1.807, 2.05) is 19.1 Å². The molecule has 0 bridgehead atoms. The molecule has 1 aliphatic heterocycles. The second-order valence-electron chi connectivity index (χ2n) is 6.02. The lowest BCUT2D eigenvalue weighted by molar-refractivity contribution is 0.214. The smallest absolute Gasteiger partial charge is 0.266 e. The van der Waals surface area contributed by atoms with Crippen molar-refractivity contribution in [1.82, 2.24) is 14.8 Å². The third-order valence-electron chi connectivity index (χ3n) is 4.30. The van der Waals surface area contributed by atoms with Gasteiger partial charge in [-0.1, -0.05) is 6.07 Å². The maximum atomic E-state index is 11.4. The highest BCUT2D eigenvalue weighted by molar-refractivity contribution is 5.36. The fourth-order valence-corrected chi connectivity index (χ4v) is 2.81. The molecule has 0 aromatic carbocycles. The van der Waals surface area contributed by atoms with Crippen molar-refractivity contribution in [2.24, 2.45) is 13.0 Å². The first-order chi connectivity index (χ1) is 11.1. The molecule has 3 heterocycles. The van der Waals surface area contributed by atoms with E-state index in [0.29, 0.717) is 12.5 Å². The Morgan fingerprint density at radius 1 is 1.26 bits per heavy atom. The third kappa shape index (κ3) is 3.70. The van der Waals surface area contributed by atoms with Gasteiger partial charge in [-0.15, -0.1) is 0 Å². The van der Waals surface area contributed by atoms with E-state index in [2.05, 4.69) is 15.0 Å². The average Bonchev–Trinajstić information content (AvgIpc) is 2.57. The lowest BCUT2D eigenvalue weighted by Crippen LogP contribution is -2.37. The van der Waals surface area contributed by atoms with E-state index in [4.69, 9.17) is 4.74 Å². The van der Waals surface area contributed by atoms with Crippen molar-refractivity contribution in [3.63, 3.8) is 0 Å². The summed E-state index contributed by atoms with van der Waals surface area (Å²) in [6, 6.07) is 7.30. The van der Waals surface area contributed by atoms with Crippen LogP contribution in [0.15, 0.2) is 35.3 Å². The molecule has 0 atom stereocenters. The number of hydrogen-bond acceptors (Lipinski definition) is 5. The molecule has 0 unspecified atom stereocenters. The van der Waals surface area contributed by atoms with E-state index in [1.54, 1.807) is 25.4 Å². The van der Waals surface area contributed by atoms with Crippen molar-refractivity contribution in [3.05, 3.63) is 46.4 Å². The second-order valence-corrected chi connectivity index (χ2v) is 6.02. The summed E-state index contributed by atoms with van der Waals surface area (Å²) in [7, 11) is 1.68. The quantitative estimate of drug-likeness (QED) is 0.861. The molecule has 23 heavy (non-hydrogen) atoms. The number of anilines is 1. The van der Waals surface area contributed by atoms with Gasteiger partial charge in [-0.25, -0.2) is 9.67 Å². The molecule has 0 radical (unpaired) electrons. The summed E-state index contributed by atoms with van der Waals surface area (Å²) in [5.41, 5.74) is 0.988. The molecule has 0 saturated carbocycles. The van der Waals surface area contributed by atoms with Crippen LogP contribution in [0.4, 0.5) is 5.82 Å². The minimum Gasteiger partial charge on any atom is -0.477 e. The molecule has 2 aromatic heterocycles. The molecule has 6 heteroatoms. The summed E-state index contributed by atoms with van der Waals surface area (Å²) in [5.74, 6) is 2.13. The summed E-state index contributed by atoms with van der Waals surface area (Å²) in [6.07, 6.45) is 3.86. The van der Waals surface area contributed by atoms with Crippen LogP contribution in [-0.2, 0) is 7.05 Å². The van der Waals surface area contributed by atoms with E-state index in [1.165, 1.54) is 4.68 Å². The van der Waals surface area contributed by atoms with Gasteiger partial charge in [0.1, 0.15) is 5.82 Å². The number of piperidine rings is 1. The van der Waals surface area contributed by atoms with Crippen molar-refractivity contribution in [2.45, 2.75) is 19.8 Å². The zero-order valence-corrected chi connectivity index (χ0v) is 13.6. The SMILES string of the molecule is Cc1cccnc1OCC1CCN(c2ccc(=O)n(C)n2)CC1. The fraction of sp³-hybridized carbons (Fsp3) is 0.471. The summed E-state index contributed by atoms with van der Waals surface area (Å²) < 4.78 is 7.24. The Kier molecular flexibility index (Phi) is 4.60. The molecule has 1 saturated heterocycles. The highest BCUT2D eigenvalue weighted by Crippen LogP contribution is 2.22. The number of hydrogen-bond donors (Lipinski definition) is 0. The number of nitrogens with zero attached hydrogens (tertiary/aromatic N) is 4. The van der Waals surface area contributed by atoms with Crippen LogP contribution in [0.2, 0.25) is 0 Å². The minimum atomic E-state index is -0.0808. The van der Waals surface area contributed by atoms with Gasteiger partial charge in [0.2, 0.25) is 5.88 Å². The molecule has 0 N–H and O–H groups in total. The summed E-state index contributed by atoms with van der Waals surface area (Å²) in [6.45, 7) is 4.57. The monoisotopic (exact) mass is 314 g/mol. The van der Waals surface area contributed by atoms with Crippen molar-refractivity contribution in [2.75, 3.05) is 24.6 Å². The molecule has 0 amide bonds. The van der Waals surface area contributed by atoms with Gasteiger partial charge in [0, 0.05) is 38.0 Å². The van der Waals surface area contributed by atoms with Gasteiger partial charge in [0.05, 0.1) is 6.61 Å². The lowest BCUT2D eigenvalue weighted by Gasteiger charge is -2.32. The molecule has 0 aliphatic carbocycles. The largest absolute Gasteiger partial charge is 0.477 e.